The molecule has 1 aromatic carbocycles. The molecule has 2 heterocycles. The number of nitrogens with zero attached hydrogens (tertiary/aromatic N) is 2. The number of benzene rings is 1. The van der Waals surface area contributed by atoms with Gasteiger partial charge in [0.05, 0.1) is 12.7 Å². The fourth-order valence-electron chi connectivity index (χ4n) is 3.40. The van der Waals surface area contributed by atoms with Crippen LogP contribution in [0.3, 0.4) is 0 Å². The van der Waals surface area contributed by atoms with Crippen LogP contribution in [0.4, 0.5) is 5.82 Å². The number of nitrogens with two attached hydrogens (primary N) is 1. The normalized spacial score (nSPS) is 26.4. The molecule has 6 atom stereocenters. The minimum atomic E-state index is -4.25. The standard InChI is InChI=1S/C22H31N4O9P/c1-13(2)33-20(28)14(3)25-36(31,35-15-8-6-5-7-9-15)32-12-16-22(4,30)18(27)19(34-16)26-11-10-17(23)24-21(26)29/h5-11,13-14,16,18-19,27,30H,12H2,1-4H3,(H,25,31)(H2,23,24,29)/t14-,16+,18-,19+,22-,36?/m0/s1. The second-order valence-corrected chi connectivity index (χ2v) is 10.5. The Morgan fingerprint density at radius 3 is 2.58 bits per heavy atom. The molecule has 1 aliphatic heterocycles. The van der Waals surface area contributed by atoms with Crippen LogP contribution in [-0.2, 0) is 23.4 Å². The van der Waals surface area contributed by atoms with Crippen molar-refractivity contribution in [2.75, 3.05) is 12.3 Å². The highest BCUT2D eigenvalue weighted by molar-refractivity contribution is 7.52. The fraction of sp³-hybridized carbons (Fsp3) is 0.500. The Balaban J connectivity index is 1.80. The van der Waals surface area contributed by atoms with Crippen LogP contribution in [0.15, 0.2) is 47.4 Å². The molecule has 14 heteroatoms. The van der Waals surface area contributed by atoms with Gasteiger partial charge >= 0.3 is 19.4 Å². The molecule has 13 nitrogen and oxygen atoms in total. The summed E-state index contributed by atoms with van der Waals surface area (Å²) in [6, 6.07) is 8.37. The van der Waals surface area contributed by atoms with E-state index >= 15 is 0 Å². The molecule has 198 valence electrons. The summed E-state index contributed by atoms with van der Waals surface area (Å²) in [5, 5.41) is 24.1. The van der Waals surface area contributed by atoms with E-state index in [1.807, 2.05) is 0 Å². The number of aliphatic hydroxyl groups excluding tert-OH is 1. The summed E-state index contributed by atoms with van der Waals surface area (Å²) in [6.45, 7) is 5.51. The van der Waals surface area contributed by atoms with Gasteiger partial charge in [0.15, 0.2) is 6.23 Å². The first-order valence-electron chi connectivity index (χ1n) is 11.2. The van der Waals surface area contributed by atoms with Crippen LogP contribution in [-0.4, -0.2) is 62.3 Å². The first kappa shape index (κ1) is 27.8. The predicted octanol–water partition coefficient (Wildman–Crippen LogP) is 0.968. The van der Waals surface area contributed by atoms with Gasteiger partial charge in [-0.2, -0.15) is 10.1 Å². The largest absolute Gasteiger partial charge is 0.462 e. The van der Waals surface area contributed by atoms with Gasteiger partial charge in [0.25, 0.3) is 0 Å². The highest BCUT2D eigenvalue weighted by Crippen LogP contribution is 2.47. The van der Waals surface area contributed by atoms with E-state index < -0.39 is 62.2 Å². The second-order valence-electron chi connectivity index (χ2n) is 8.76. The summed E-state index contributed by atoms with van der Waals surface area (Å²) in [5.74, 6) is -0.514. The molecule has 0 spiro atoms. The SMILES string of the molecule is CC(C)OC(=O)[C@H](C)NP(=O)(OC[C@H]1O[C@@H](n2ccc(N)nc2=O)[C@H](O)[C@@]1(C)O)Oc1ccccc1. The number of carbonyl (C=O) groups is 1. The summed E-state index contributed by atoms with van der Waals surface area (Å²) in [5.41, 5.74) is 2.78. The van der Waals surface area contributed by atoms with Crippen molar-refractivity contribution in [3.05, 3.63) is 53.1 Å². The number of aromatic nitrogens is 2. The molecular formula is C22H31N4O9P. The molecule has 0 bridgehead atoms. The number of nitrogen functional groups attached to an aromatic ring is 1. The maximum Gasteiger partial charge on any atom is 0.459 e. The molecule has 0 radical (unpaired) electrons. The Bertz CT molecular complexity index is 1160. The van der Waals surface area contributed by atoms with E-state index in [0.717, 1.165) is 4.57 Å². The van der Waals surface area contributed by atoms with Crippen molar-refractivity contribution in [1.29, 1.82) is 0 Å². The highest BCUT2D eigenvalue weighted by Gasteiger charge is 2.54. The molecule has 36 heavy (non-hydrogen) atoms. The van der Waals surface area contributed by atoms with Crippen LogP contribution < -0.4 is 21.0 Å². The fourth-order valence-corrected chi connectivity index (χ4v) is 4.90. The average molecular weight is 526 g/mol. The van der Waals surface area contributed by atoms with Gasteiger partial charge in [-0.1, -0.05) is 18.2 Å². The second kappa shape index (κ2) is 11.1. The number of hydrogen-bond acceptors (Lipinski definition) is 11. The summed E-state index contributed by atoms with van der Waals surface area (Å²) in [6.07, 6.45) is -3.28. The lowest BCUT2D eigenvalue weighted by Gasteiger charge is -2.28. The summed E-state index contributed by atoms with van der Waals surface area (Å²) < 4.78 is 36.6. The van der Waals surface area contributed by atoms with Gasteiger partial charge in [-0.3, -0.25) is 13.9 Å². The number of ether oxygens (including phenoxy) is 2. The van der Waals surface area contributed by atoms with E-state index in [2.05, 4.69) is 10.1 Å². The van der Waals surface area contributed by atoms with Gasteiger partial charge in [-0.15, -0.1) is 0 Å². The number of hydrogen-bond donors (Lipinski definition) is 4. The summed E-state index contributed by atoms with van der Waals surface area (Å²) >= 11 is 0. The van der Waals surface area contributed by atoms with Gasteiger partial charge in [0.2, 0.25) is 0 Å². The Morgan fingerprint density at radius 1 is 1.31 bits per heavy atom. The first-order chi connectivity index (χ1) is 16.8. The van der Waals surface area contributed by atoms with Crippen molar-refractivity contribution in [1.82, 2.24) is 14.6 Å². The molecular weight excluding hydrogens is 495 g/mol. The van der Waals surface area contributed by atoms with E-state index in [9.17, 15) is 24.4 Å². The van der Waals surface area contributed by atoms with E-state index in [-0.39, 0.29) is 11.6 Å². The zero-order valence-corrected chi connectivity index (χ0v) is 21.2. The van der Waals surface area contributed by atoms with Crippen molar-refractivity contribution >= 4 is 19.5 Å². The molecule has 5 N–H and O–H groups in total. The molecule has 1 aromatic heterocycles. The van der Waals surface area contributed by atoms with Crippen LogP contribution >= 0.6 is 7.75 Å². The Morgan fingerprint density at radius 2 is 1.97 bits per heavy atom. The minimum absolute atomic E-state index is 0.0226. The number of rotatable bonds is 10. The van der Waals surface area contributed by atoms with E-state index in [4.69, 9.17) is 24.3 Å². The van der Waals surface area contributed by atoms with E-state index in [0.29, 0.717) is 0 Å². The van der Waals surface area contributed by atoms with Crippen LogP contribution in [0.2, 0.25) is 0 Å². The number of para-hydroxylation sites is 1. The Kier molecular flexibility index (Phi) is 8.55. The molecule has 2 aromatic rings. The average Bonchev–Trinajstić information content (AvgIpc) is 3.01. The molecule has 1 aliphatic rings. The van der Waals surface area contributed by atoms with Crippen molar-refractivity contribution in [2.45, 2.75) is 63.9 Å². The van der Waals surface area contributed by atoms with E-state index in [1.54, 1.807) is 32.0 Å². The first-order valence-corrected chi connectivity index (χ1v) is 12.7. The predicted molar refractivity (Wildman–Crippen MR) is 128 cm³/mol. The molecule has 0 amide bonds. The summed E-state index contributed by atoms with van der Waals surface area (Å²) in [7, 11) is -4.25. The number of anilines is 1. The van der Waals surface area contributed by atoms with Gasteiger partial charge in [0.1, 0.15) is 35.4 Å². The van der Waals surface area contributed by atoms with Gasteiger partial charge in [-0.05, 0) is 45.9 Å². The maximum atomic E-state index is 13.6. The Hall–Kier alpha value is -2.80. The van der Waals surface area contributed by atoms with Gasteiger partial charge in [-0.25, -0.2) is 9.36 Å². The third-order valence-corrected chi connectivity index (χ3v) is 7.02. The van der Waals surface area contributed by atoms with Crippen LogP contribution in [0.25, 0.3) is 0 Å². The van der Waals surface area contributed by atoms with Crippen molar-refractivity contribution in [2.24, 2.45) is 0 Å². The molecule has 1 unspecified atom stereocenters. The topological polar surface area (TPSA) is 184 Å². The van der Waals surface area contributed by atoms with Crippen LogP contribution in [0.5, 0.6) is 5.75 Å². The third kappa shape index (κ3) is 6.49. The molecule has 0 aliphatic carbocycles. The summed E-state index contributed by atoms with van der Waals surface area (Å²) in [4.78, 5) is 28.1. The molecule has 1 fully saturated rings. The van der Waals surface area contributed by atoms with Crippen molar-refractivity contribution in [3.8, 4) is 5.75 Å². The van der Waals surface area contributed by atoms with Gasteiger partial charge < -0.3 is 29.9 Å². The number of esters is 1. The zero-order chi connectivity index (χ0) is 26.7. The maximum absolute atomic E-state index is 13.6. The third-order valence-electron chi connectivity index (χ3n) is 5.37. The Labute approximate surface area is 207 Å². The lowest BCUT2D eigenvalue weighted by Crippen LogP contribution is -2.47. The molecule has 1 saturated heterocycles. The quantitative estimate of drug-likeness (QED) is 0.254. The lowest BCUT2D eigenvalue weighted by molar-refractivity contribution is -0.149. The van der Waals surface area contributed by atoms with Crippen LogP contribution in [0.1, 0.15) is 33.9 Å². The highest BCUT2D eigenvalue weighted by atomic mass is 31.2. The smallest absolute Gasteiger partial charge is 0.459 e. The number of nitrogens with one attached hydrogen (secondary N) is 1. The minimum Gasteiger partial charge on any atom is -0.462 e. The number of carbonyl (C=O) groups excluding carboxylic acids is 1. The zero-order valence-electron chi connectivity index (χ0n) is 20.3. The van der Waals surface area contributed by atoms with Crippen molar-refractivity contribution < 1.29 is 38.1 Å². The lowest BCUT2D eigenvalue weighted by atomic mass is 9.95. The van der Waals surface area contributed by atoms with Crippen molar-refractivity contribution in [3.63, 3.8) is 0 Å². The molecule has 0 saturated carbocycles. The van der Waals surface area contributed by atoms with Gasteiger partial charge in [0, 0.05) is 6.20 Å². The van der Waals surface area contributed by atoms with E-state index in [1.165, 1.54) is 38.2 Å². The van der Waals surface area contributed by atoms with Crippen LogP contribution in [0, 0.1) is 0 Å². The molecule has 3 rings (SSSR count). The number of aliphatic hydroxyl groups is 2. The monoisotopic (exact) mass is 526 g/mol.